The van der Waals surface area contributed by atoms with Crippen molar-refractivity contribution in [3.8, 4) is 11.3 Å². The SMILES string of the molecule is O=C(NCCCn1ccnc1)Nc1cc(-c2ccco2)ccc1F. The molecule has 0 aliphatic heterocycles. The molecule has 0 fully saturated rings. The fourth-order valence-corrected chi connectivity index (χ4v) is 2.27. The fraction of sp³-hybridized carbons (Fsp3) is 0.176. The number of carbonyl (C=O) groups excluding carboxylic acids is 1. The normalized spacial score (nSPS) is 10.5. The molecule has 2 heterocycles. The molecule has 2 amide bonds. The molecule has 0 radical (unpaired) electrons. The Labute approximate surface area is 138 Å². The average Bonchev–Trinajstić information content (AvgIpc) is 3.27. The molecule has 7 heteroatoms. The van der Waals surface area contributed by atoms with Crippen molar-refractivity contribution in [1.82, 2.24) is 14.9 Å². The van der Waals surface area contributed by atoms with E-state index in [0.717, 1.165) is 13.0 Å². The zero-order chi connectivity index (χ0) is 16.8. The summed E-state index contributed by atoms with van der Waals surface area (Å²) in [7, 11) is 0. The van der Waals surface area contributed by atoms with Crippen molar-refractivity contribution >= 4 is 11.7 Å². The first kappa shape index (κ1) is 15.8. The van der Waals surface area contributed by atoms with Gasteiger partial charge in [0, 0.05) is 31.0 Å². The lowest BCUT2D eigenvalue weighted by atomic mass is 10.1. The molecule has 0 atom stereocenters. The van der Waals surface area contributed by atoms with E-state index in [0.29, 0.717) is 17.9 Å². The maximum absolute atomic E-state index is 13.9. The lowest BCUT2D eigenvalue weighted by molar-refractivity contribution is 0.251. The minimum Gasteiger partial charge on any atom is -0.464 e. The number of amides is 2. The minimum absolute atomic E-state index is 0.107. The summed E-state index contributed by atoms with van der Waals surface area (Å²) in [6, 6.07) is 7.51. The van der Waals surface area contributed by atoms with Gasteiger partial charge in [-0.3, -0.25) is 0 Å². The van der Waals surface area contributed by atoms with Gasteiger partial charge in [-0.1, -0.05) is 0 Å². The van der Waals surface area contributed by atoms with E-state index in [4.69, 9.17) is 4.42 Å². The van der Waals surface area contributed by atoms with Gasteiger partial charge >= 0.3 is 6.03 Å². The Kier molecular flexibility index (Phi) is 4.90. The summed E-state index contributed by atoms with van der Waals surface area (Å²) < 4.78 is 21.1. The third-order valence-electron chi connectivity index (χ3n) is 3.46. The lowest BCUT2D eigenvalue weighted by Gasteiger charge is -2.10. The molecule has 1 aromatic carbocycles. The molecule has 0 bridgehead atoms. The molecule has 2 aromatic heterocycles. The monoisotopic (exact) mass is 328 g/mol. The molecule has 24 heavy (non-hydrogen) atoms. The predicted molar refractivity (Wildman–Crippen MR) is 88.0 cm³/mol. The first-order valence-corrected chi connectivity index (χ1v) is 7.56. The summed E-state index contributed by atoms with van der Waals surface area (Å²) in [6.07, 6.45) is 7.57. The highest BCUT2D eigenvalue weighted by molar-refractivity contribution is 5.90. The molecule has 0 saturated heterocycles. The van der Waals surface area contributed by atoms with Crippen molar-refractivity contribution in [1.29, 1.82) is 0 Å². The average molecular weight is 328 g/mol. The first-order valence-electron chi connectivity index (χ1n) is 7.56. The molecule has 0 aliphatic carbocycles. The van der Waals surface area contributed by atoms with Crippen LogP contribution in [0.1, 0.15) is 6.42 Å². The quantitative estimate of drug-likeness (QED) is 0.680. The van der Waals surface area contributed by atoms with Crippen molar-refractivity contribution < 1.29 is 13.6 Å². The Hall–Kier alpha value is -3.09. The van der Waals surface area contributed by atoms with Crippen molar-refractivity contribution in [2.75, 3.05) is 11.9 Å². The number of hydrogen-bond donors (Lipinski definition) is 2. The molecular weight excluding hydrogens is 311 g/mol. The first-order chi connectivity index (χ1) is 11.7. The Bertz CT molecular complexity index is 785. The number of anilines is 1. The number of furan rings is 1. The number of nitrogens with one attached hydrogen (secondary N) is 2. The maximum Gasteiger partial charge on any atom is 0.319 e. The number of aryl methyl sites for hydroxylation is 1. The van der Waals surface area contributed by atoms with Crippen LogP contribution in [0.5, 0.6) is 0 Å². The van der Waals surface area contributed by atoms with Crippen LogP contribution in [-0.2, 0) is 6.54 Å². The summed E-state index contributed by atoms with van der Waals surface area (Å²) in [6.45, 7) is 1.23. The van der Waals surface area contributed by atoms with Gasteiger partial charge in [0.2, 0.25) is 0 Å². The van der Waals surface area contributed by atoms with Crippen LogP contribution in [0.4, 0.5) is 14.9 Å². The van der Waals surface area contributed by atoms with Crippen LogP contribution in [-0.4, -0.2) is 22.1 Å². The van der Waals surface area contributed by atoms with Gasteiger partial charge in [0.15, 0.2) is 0 Å². The summed E-state index contributed by atoms with van der Waals surface area (Å²) >= 11 is 0. The molecule has 6 nitrogen and oxygen atoms in total. The Morgan fingerprint density at radius 2 is 2.25 bits per heavy atom. The van der Waals surface area contributed by atoms with Crippen LogP contribution in [0.25, 0.3) is 11.3 Å². The van der Waals surface area contributed by atoms with Crippen LogP contribution in [0, 0.1) is 5.82 Å². The van der Waals surface area contributed by atoms with Crippen LogP contribution in [0.15, 0.2) is 59.7 Å². The van der Waals surface area contributed by atoms with Crippen molar-refractivity contribution in [3.05, 3.63) is 61.1 Å². The second-order valence-electron chi connectivity index (χ2n) is 5.21. The van der Waals surface area contributed by atoms with Gasteiger partial charge in [-0.25, -0.2) is 14.2 Å². The van der Waals surface area contributed by atoms with Crippen LogP contribution < -0.4 is 10.6 Å². The maximum atomic E-state index is 13.9. The number of imidazole rings is 1. The minimum atomic E-state index is -0.501. The summed E-state index contributed by atoms with van der Waals surface area (Å²) in [5.41, 5.74) is 0.799. The highest BCUT2D eigenvalue weighted by atomic mass is 19.1. The number of nitrogens with zero attached hydrogens (tertiary/aromatic N) is 2. The second kappa shape index (κ2) is 7.45. The van der Waals surface area contributed by atoms with Gasteiger partial charge in [-0.2, -0.15) is 0 Å². The van der Waals surface area contributed by atoms with E-state index in [9.17, 15) is 9.18 Å². The predicted octanol–water partition coefficient (Wildman–Crippen LogP) is 3.49. The smallest absolute Gasteiger partial charge is 0.319 e. The highest BCUT2D eigenvalue weighted by Gasteiger charge is 2.09. The number of hydrogen-bond acceptors (Lipinski definition) is 3. The molecule has 3 aromatic rings. The Balaban J connectivity index is 1.53. The number of rotatable bonds is 6. The number of carbonyl (C=O) groups is 1. The van der Waals surface area contributed by atoms with Gasteiger partial charge < -0.3 is 19.6 Å². The van der Waals surface area contributed by atoms with E-state index in [-0.39, 0.29) is 5.69 Å². The summed E-state index contributed by atoms with van der Waals surface area (Å²) in [5.74, 6) is 0.109. The number of benzene rings is 1. The summed E-state index contributed by atoms with van der Waals surface area (Å²) in [5, 5.41) is 5.22. The van der Waals surface area contributed by atoms with E-state index in [1.807, 2.05) is 10.8 Å². The molecule has 0 aliphatic rings. The number of urea groups is 1. The standard InChI is InChI=1S/C17H17FN4O2/c18-14-5-4-13(16-3-1-10-24-16)11-15(14)21-17(23)20-6-2-8-22-9-7-19-12-22/h1,3-5,7,9-12H,2,6,8H2,(H2,20,21,23). The molecular formula is C17H17FN4O2. The lowest BCUT2D eigenvalue weighted by Crippen LogP contribution is -2.30. The Morgan fingerprint density at radius 1 is 1.33 bits per heavy atom. The van der Waals surface area contributed by atoms with Crippen molar-refractivity contribution in [2.24, 2.45) is 0 Å². The third-order valence-corrected chi connectivity index (χ3v) is 3.46. The van der Waals surface area contributed by atoms with Crippen LogP contribution in [0.3, 0.4) is 0 Å². The van der Waals surface area contributed by atoms with Gasteiger partial charge in [0.1, 0.15) is 11.6 Å². The van der Waals surface area contributed by atoms with E-state index in [1.165, 1.54) is 6.07 Å². The molecule has 124 valence electrons. The number of halogens is 1. The van der Waals surface area contributed by atoms with Gasteiger partial charge in [0.05, 0.1) is 18.3 Å². The third kappa shape index (κ3) is 4.01. The molecule has 0 saturated carbocycles. The van der Waals surface area contributed by atoms with Crippen molar-refractivity contribution in [3.63, 3.8) is 0 Å². The van der Waals surface area contributed by atoms with E-state index in [1.54, 1.807) is 43.1 Å². The van der Waals surface area contributed by atoms with Crippen LogP contribution in [0.2, 0.25) is 0 Å². The molecule has 0 unspecified atom stereocenters. The van der Waals surface area contributed by atoms with E-state index in [2.05, 4.69) is 15.6 Å². The molecule has 0 spiro atoms. The second-order valence-corrected chi connectivity index (χ2v) is 5.21. The summed E-state index contributed by atoms with van der Waals surface area (Å²) in [4.78, 5) is 15.8. The largest absolute Gasteiger partial charge is 0.464 e. The Morgan fingerprint density at radius 3 is 3.00 bits per heavy atom. The topological polar surface area (TPSA) is 72.1 Å². The zero-order valence-corrected chi connectivity index (χ0v) is 12.9. The van der Waals surface area contributed by atoms with E-state index >= 15 is 0 Å². The number of aromatic nitrogens is 2. The molecule has 3 rings (SSSR count). The van der Waals surface area contributed by atoms with Crippen molar-refractivity contribution in [2.45, 2.75) is 13.0 Å². The van der Waals surface area contributed by atoms with Gasteiger partial charge in [0.25, 0.3) is 0 Å². The van der Waals surface area contributed by atoms with Gasteiger partial charge in [-0.15, -0.1) is 0 Å². The molecule has 2 N–H and O–H groups in total. The van der Waals surface area contributed by atoms with E-state index < -0.39 is 11.8 Å². The zero-order valence-electron chi connectivity index (χ0n) is 12.9. The van der Waals surface area contributed by atoms with Gasteiger partial charge in [-0.05, 0) is 36.8 Å². The highest BCUT2D eigenvalue weighted by Crippen LogP contribution is 2.25. The van der Waals surface area contributed by atoms with Crippen LogP contribution >= 0.6 is 0 Å². The fourth-order valence-electron chi connectivity index (χ4n) is 2.27.